The van der Waals surface area contributed by atoms with Gasteiger partial charge in [-0.25, -0.2) is 0 Å². The predicted octanol–water partition coefficient (Wildman–Crippen LogP) is 18.1. The Labute approximate surface area is 663 Å². The summed E-state index contributed by atoms with van der Waals surface area (Å²) < 4.78 is 106. The summed E-state index contributed by atoms with van der Waals surface area (Å²) in [7, 11) is 0. The van der Waals surface area contributed by atoms with Crippen molar-refractivity contribution in [1.29, 1.82) is 0 Å². The van der Waals surface area contributed by atoms with E-state index in [0.29, 0.717) is 22.8 Å². The van der Waals surface area contributed by atoms with E-state index in [1.807, 2.05) is 303 Å². The van der Waals surface area contributed by atoms with Crippen LogP contribution >= 0.6 is 0 Å². The van der Waals surface area contributed by atoms with Crippen molar-refractivity contribution in [3.05, 3.63) is 400 Å². The van der Waals surface area contributed by atoms with Crippen molar-refractivity contribution >= 4 is 11.0 Å². The molecule has 0 radical (unpaired) electrons. The van der Waals surface area contributed by atoms with Gasteiger partial charge in [0.25, 0.3) is 0 Å². The number of rotatable bonds is 37. The molecule has 0 unspecified atom stereocenters. The van der Waals surface area contributed by atoms with Crippen LogP contribution in [0.25, 0.3) is 22.3 Å². The van der Waals surface area contributed by atoms with Crippen LogP contribution in [-0.4, -0.2) is 79.7 Å². The van der Waals surface area contributed by atoms with Crippen molar-refractivity contribution in [2.24, 2.45) is 0 Å². The molecule has 17 heteroatoms. The summed E-state index contributed by atoms with van der Waals surface area (Å²) >= 11 is 0. The molecule has 580 valence electrons. The van der Waals surface area contributed by atoms with E-state index in [1.165, 1.54) is 0 Å². The van der Waals surface area contributed by atoms with Gasteiger partial charge in [-0.05, 0) is 73.8 Å². The predicted molar refractivity (Wildman–Crippen MR) is 432 cm³/mol. The molecule has 17 nitrogen and oxygen atoms in total. The van der Waals surface area contributed by atoms with Crippen LogP contribution in [0.15, 0.2) is 343 Å². The molecule has 2 saturated heterocycles. The fourth-order valence-electron chi connectivity index (χ4n) is 13.8. The Kier molecular flexibility index (Phi) is 27.1. The van der Waals surface area contributed by atoms with E-state index in [2.05, 4.69) is 0 Å². The Hall–Kier alpha value is -11.6. The Morgan fingerprint density at radius 3 is 1.07 bits per heavy atom. The quantitative estimate of drug-likeness (QED) is 0.0388. The fraction of sp³-hybridized carbons (Fsp3) is 0.227. The molecule has 114 heavy (non-hydrogen) atoms. The van der Waals surface area contributed by atoms with Crippen molar-refractivity contribution in [2.45, 2.75) is 127 Å². The zero-order chi connectivity index (χ0) is 77.3. The topological polar surface area (TPSA) is 180 Å². The van der Waals surface area contributed by atoms with Crippen molar-refractivity contribution in [3.8, 4) is 40.1 Å². The van der Waals surface area contributed by atoms with E-state index in [9.17, 15) is 5.11 Å². The first-order chi connectivity index (χ1) is 56.3. The number of hydrogen-bond donors (Lipinski definition) is 1. The van der Waals surface area contributed by atoms with E-state index in [0.717, 1.165) is 55.6 Å². The number of ether oxygens (including phenoxy) is 14. The number of aliphatic hydroxyl groups is 1. The number of hydrogen-bond acceptors (Lipinski definition) is 17. The van der Waals surface area contributed by atoms with Crippen molar-refractivity contribution in [2.75, 3.05) is 13.2 Å². The molecule has 0 bridgehead atoms. The monoisotopic (exact) mass is 1530 g/mol. The van der Waals surface area contributed by atoms with Crippen LogP contribution in [0.5, 0.6) is 28.7 Å². The minimum Gasteiger partial charge on any atom is -0.489 e. The first kappa shape index (κ1) is 77.8. The van der Waals surface area contributed by atoms with Gasteiger partial charge < -0.3 is 75.8 Å². The molecule has 2 aliphatic heterocycles. The maximum Gasteiger partial charge on any atom is 0.239 e. The summed E-state index contributed by atoms with van der Waals surface area (Å²) in [6.45, 7) is 1.12. The van der Waals surface area contributed by atoms with Gasteiger partial charge in [-0.3, -0.25) is 4.79 Å². The standard InChI is InChI=1S/C97H90O17/c98-87-86-82(105-61-73-41-21-6-22-42-73)54-79(102-58-70-35-15-3-16-36-70)55-83(86)110-89(78-51-52-80(103-59-71-37-17-4-18-38-71)81(53-78)104-60-72-39-19-5-20-40-72)93(87)113-97-95(94(109-65-77-49-29-10-30-50-77)91(107-63-75-45-25-8-26-46-75)85(112-97)67-101-57-69-33-13-2-14-34-69)114-96-88(99)92(108-64-76-47-27-9-28-48-76)90(106-62-74-43-23-7-24-44-74)84(111-96)66-100-56-68-31-11-1-12-32-68/h1-55,84-85,88,90-92,94-97,99H,56-67H2/t84-,85-,88-,90-,91-,92-,94+,95-,96+,97+/m1/s1. The smallest absolute Gasteiger partial charge is 0.239 e. The van der Waals surface area contributed by atoms with E-state index in [1.54, 1.807) is 30.3 Å². The molecule has 12 aromatic carbocycles. The van der Waals surface area contributed by atoms with Gasteiger partial charge in [0, 0.05) is 17.7 Å². The zero-order valence-corrected chi connectivity index (χ0v) is 63.0. The molecule has 3 heterocycles. The lowest BCUT2D eigenvalue weighted by molar-refractivity contribution is -0.371. The highest BCUT2D eigenvalue weighted by Gasteiger charge is 2.55. The summed E-state index contributed by atoms with van der Waals surface area (Å²) in [6.07, 6.45) is -12.9. The molecule has 13 aromatic rings. The number of fused-ring (bicyclic) bond motifs is 1. The molecular formula is C97H90O17. The lowest BCUT2D eigenvalue weighted by Crippen LogP contribution is -2.66. The minimum atomic E-state index is -1.70. The largest absolute Gasteiger partial charge is 0.489 e. The van der Waals surface area contributed by atoms with Crippen LogP contribution < -0.4 is 29.1 Å². The summed E-state index contributed by atoms with van der Waals surface area (Å²) in [5.41, 5.74) is 8.54. The third-order valence-corrected chi connectivity index (χ3v) is 19.7. The van der Waals surface area contributed by atoms with Gasteiger partial charge in [0.2, 0.25) is 17.5 Å². The van der Waals surface area contributed by atoms with Crippen molar-refractivity contribution in [1.82, 2.24) is 0 Å². The molecule has 1 aromatic heterocycles. The molecule has 10 atom stereocenters. The van der Waals surface area contributed by atoms with Gasteiger partial charge in [0.05, 0.1) is 52.9 Å². The highest BCUT2D eigenvalue weighted by molar-refractivity contribution is 5.89. The van der Waals surface area contributed by atoms with Crippen molar-refractivity contribution < 1.29 is 75.8 Å². The van der Waals surface area contributed by atoms with Crippen LogP contribution in [0, 0.1) is 0 Å². The van der Waals surface area contributed by atoms with E-state index < -0.39 is 66.8 Å². The van der Waals surface area contributed by atoms with Gasteiger partial charge in [-0.2, -0.15) is 0 Å². The molecule has 0 spiro atoms. The van der Waals surface area contributed by atoms with Crippen LogP contribution in [0.4, 0.5) is 0 Å². The normalized spacial score (nSPS) is 19.4. The lowest BCUT2D eigenvalue weighted by atomic mass is 9.96. The first-order valence-electron chi connectivity index (χ1n) is 38.5. The summed E-state index contributed by atoms with van der Waals surface area (Å²) in [6, 6.07) is 106. The van der Waals surface area contributed by atoms with E-state index in [-0.39, 0.29) is 108 Å². The van der Waals surface area contributed by atoms with Gasteiger partial charge in [0.1, 0.15) is 91.6 Å². The van der Waals surface area contributed by atoms with Crippen LogP contribution in [0.2, 0.25) is 0 Å². The van der Waals surface area contributed by atoms with Gasteiger partial charge in [-0.1, -0.05) is 303 Å². The molecule has 2 fully saturated rings. The second kappa shape index (κ2) is 39.8. The number of aliphatic hydroxyl groups excluding tert-OH is 1. The summed E-state index contributed by atoms with van der Waals surface area (Å²) in [5, 5.41) is 13.5. The third kappa shape index (κ3) is 21.0. The third-order valence-electron chi connectivity index (χ3n) is 19.7. The molecular weight excluding hydrogens is 1440 g/mol. The number of benzene rings is 12. The molecule has 0 saturated carbocycles. The van der Waals surface area contributed by atoms with Crippen LogP contribution in [0.3, 0.4) is 0 Å². The molecule has 2 aliphatic rings. The zero-order valence-electron chi connectivity index (χ0n) is 63.0. The summed E-state index contributed by atoms with van der Waals surface area (Å²) in [4.78, 5) is 16.9. The van der Waals surface area contributed by atoms with E-state index in [4.69, 9.17) is 70.7 Å². The fourth-order valence-corrected chi connectivity index (χ4v) is 13.8. The summed E-state index contributed by atoms with van der Waals surface area (Å²) in [5.74, 6) is 0.835. The Balaban J connectivity index is 0.905. The average molecular weight is 1530 g/mol. The molecule has 0 amide bonds. The Bertz CT molecular complexity index is 5100. The highest BCUT2D eigenvalue weighted by Crippen LogP contribution is 2.44. The van der Waals surface area contributed by atoms with Crippen molar-refractivity contribution in [3.63, 3.8) is 0 Å². The SMILES string of the molecule is O=c1c(O[C@@H]2O[C@H](COCc3ccccc3)[C@@H](OCc3ccccc3)[C@H](OCc3ccccc3)[C@H]2O[C@@H]2O[C@H](COCc3ccccc3)[C@@H](OCc3ccccc3)[C@H](OCc3ccccc3)[C@H]2O)c(-c2ccc(OCc3ccccc3)c(OCc3ccccc3)c2)oc2cc(OCc3ccccc3)cc(OCc3ccccc3)c12. The Morgan fingerprint density at radius 2 is 0.649 bits per heavy atom. The molecule has 1 N–H and O–H groups in total. The molecule has 15 rings (SSSR count). The Morgan fingerprint density at radius 1 is 0.307 bits per heavy atom. The maximum atomic E-state index is 16.9. The second-order valence-corrected chi connectivity index (χ2v) is 28.0. The second-order valence-electron chi connectivity index (χ2n) is 28.0. The molecule has 0 aliphatic carbocycles. The lowest BCUT2D eigenvalue weighted by Gasteiger charge is -2.49. The highest BCUT2D eigenvalue weighted by atomic mass is 16.8. The van der Waals surface area contributed by atoms with Gasteiger partial charge in [-0.15, -0.1) is 0 Å². The maximum absolute atomic E-state index is 16.9. The van der Waals surface area contributed by atoms with Gasteiger partial charge >= 0.3 is 0 Å². The van der Waals surface area contributed by atoms with Crippen LogP contribution in [0.1, 0.15) is 55.6 Å². The average Bonchev–Trinajstić information content (AvgIpc) is 0.725. The first-order valence-corrected chi connectivity index (χ1v) is 38.5. The minimum absolute atomic E-state index is 0.00766. The van der Waals surface area contributed by atoms with Gasteiger partial charge in [0.15, 0.2) is 29.7 Å². The van der Waals surface area contributed by atoms with Crippen LogP contribution in [-0.2, 0) is 109 Å². The van der Waals surface area contributed by atoms with E-state index >= 15 is 4.79 Å².